The highest BCUT2D eigenvalue weighted by Crippen LogP contribution is 2.35. The van der Waals surface area contributed by atoms with E-state index in [-0.39, 0.29) is 16.3 Å². The molecule has 0 unspecified atom stereocenters. The van der Waals surface area contributed by atoms with Crippen LogP contribution in [0.1, 0.15) is 5.56 Å². The summed E-state index contributed by atoms with van der Waals surface area (Å²) in [5, 5.41) is 15.1. The molecule has 11 nitrogen and oxygen atoms in total. The molecule has 3 aromatic carbocycles. The fourth-order valence-corrected chi connectivity index (χ4v) is 5.21. The third-order valence-electron chi connectivity index (χ3n) is 4.81. The molecule has 0 saturated carbocycles. The van der Waals surface area contributed by atoms with Crippen molar-refractivity contribution in [3.8, 4) is 11.5 Å². The van der Waals surface area contributed by atoms with Gasteiger partial charge in [0.2, 0.25) is 0 Å². The SMILES string of the molecule is COc1cc(/C=N\NC(=O)CN(c2cccc([N+](=O)[O-])c2)S(=O)(=O)c2ccccc2)cc(Br)c1OC. The molecular formula is C23H21BrN4O7S. The molecule has 0 fully saturated rings. The van der Waals surface area contributed by atoms with Gasteiger partial charge in [-0.25, -0.2) is 13.8 Å². The number of nitro benzene ring substituents is 1. The van der Waals surface area contributed by atoms with Crippen LogP contribution in [0.25, 0.3) is 0 Å². The minimum atomic E-state index is -4.23. The normalized spacial score (nSPS) is 11.2. The van der Waals surface area contributed by atoms with Crippen LogP contribution in [0.5, 0.6) is 11.5 Å². The molecule has 0 heterocycles. The molecule has 36 heavy (non-hydrogen) atoms. The number of sulfonamides is 1. The predicted molar refractivity (Wildman–Crippen MR) is 137 cm³/mol. The molecule has 1 amide bonds. The fraction of sp³-hybridized carbons (Fsp3) is 0.130. The Labute approximate surface area is 215 Å². The van der Waals surface area contributed by atoms with Gasteiger partial charge >= 0.3 is 0 Å². The Bertz CT molecular complexity index is 1400. The second-order valence-electron chi connectivity index (χ2n) is 7.13. The van der Waals surface area contributed by atoms with E-state index in [0.29, 0.717) is 21.5 Å². The number of carbonyl (C=O) groups is 1. The Hall–Kier alpha value is -3.97. The number of nitrogens with zero attached hydrogens (tertiary/aromatic N) is 3. The van der Waals surface area contributed by atoms with E-state index in [4.69, 9.17) is 9.47 Å². The molecule has 188 valence electrons. The monoisotopic (exact) mass is 576 g/mol. The molecule has 3 rings (SSSR count). The van der Waals surface area contributed by atoms with Crippen LogP contribution in [0.4, 0.5) is 11.4 Å². The molecule has 0 radical (unpaired) electrons. The number of non-ortho nitro benzene ring substituents is 1. The lowest BCUT2D eigenvalue weighted by molar-refractivity contribution is -0.384. The molecule has 0 spiro atoms. The number of carbonyl (C=O) groups excluding carboxylic acids is 1. The summed E-state index contributed by atoms with van der Waals surface area (Å²) in [5.41, 5.74) is 2.48. The number of halogens is 1. The fourth-order valence-electron chi connectivity index (χ4n) is 3.15. The number of methoxy groups -OCH3 is 2. The van der Waals surface area contributed by atoms with Gasteiger partial charge in [-0.3, -0.25) is 19.2 Å². The molecule has 13 heteroatoms. The van der Waals surface area contributed by atoms with Crippen molar-refractivity contribution < 1.29 is 27.6 Å². The first kappa shape index (κ1) is 26.6. The van der Waals surface area contributed by atoms with Crippen molar-refractivity contribution in [1.82, 2.24) is 5.43 Å². The third kappa shape index (κ3) is 6.17. The van der Waals surface area contributed by atoms with E-state index in [0.717, 1.165) is 10.4 Å². The first-order valence-corrected chi connectivity index (χ1v) is 12.5. The summed E-state index contributed by atoms with van der Waals surface area (Å²) >= 11 is 3.36. The highest BCUT2D eigenvalue weighted by Gasteiger charge is 2.28. The van der Waals surface area contributed by atoms with Crippen molar-refractivity contribution in [3.63, 3.8) is 0 Å². The first-order valence-electron chi connectivity index (χ1n) is 10.2. The molecule has 0 aliphatic rings. The molecule has 1 N–H and O–H groups in total. The average Bonchev–Trinajstić information content (AvgIpc) is 2.87. The molecule has 0 bridgehead atoms. The van der Waals surface area contributed by atoms with Crippen LogP contribution in [-0.4, -0.2) is 46.2 Å². The minimum absolute atomic E-state index is 0.0454. The number of ether oxygens (including phenoxy) is 2. The number of anilines is 1. The van der Waals surface area contributed by atoms with Gasteiger partial charge in [0.1, 0.15) is 6.54 Å². The van der Waals surface area contributed by atoms with Gasteiger partial charge in [-0.2, -0.15) is 5.10 Å². The van der Waals surface area contributed by atoms with Crippen LogP contribution in [-0.2, 0) is 14.8 Å². The van der Waals surface area contributed by atoms with Crippen molar-refractivity contribution in [3.05, 3.63) is 86.9 Å². The highest BCUT2D eigenvalue weighted by molar-refractivity contribution is 9.10. The smallest absolute Gasteiger partial charge is 0.271 e. The topological polar surface area (TPSA) is 140 Å². The Morgan fingerprint density at radius 2 is 1.83 bits per heavy atom. The standard InChI is InChI=1S/C23H21BrN4O7S/c1-34-21-12-16(11-20(24)23(21)35-2)14-25-26-22(29)15-27(17-7-6-8-18(13-17)28(30)31)36(32,33)19-9-4-3-5-10-19/h3-14H,15H2,1-2H3,(H,26,29)/b25-14-. The van der Waals surface area contributed by atoms with Gasteiger partial charge in [-0.05, 0) is 51.8 Å². The molecule has 0 aliphatic heterocycles. The molecule has 0 atom stereocenters. The maximum atomic E-state index is 13.3. The van der Waals surface area contributed by atoms with Crippen molar-refractivity contribution in [2.75, 3.05) is 25.1 Å². The van der Waals surface area contributed by atoms with E-state index in [2.05, 4.69) is 26.5 Å². The van der Waals surface area contributed by atoms with Crippen LogP contribution >= 0.6 is 15.9 Å². The first-order chi connectivity index (χ1) is 17.2. The Kier molecular flexibility index (Phi) is 8.61. The molecule has 0 aliphatic carbocycles. The molecule has 0 aromatic heterocycles. The summed E-state index contributed by atoms with van der Waals surface area (Å²) in [6, 6.07) is 15.8. The van der Waals surface area contributed by atoms with Gasteiger partial charge in [0.15, 0.2) is 11.5 Å². The van der Waals surface area contributed by atoms with Crippen LogP contribution < -0.4 is 19.2 Å². The summed E-state index contributed by atoms with van der Waals surface area (Å²) in [6.45, 7) is -0.675. The van der Waals surface area contributed by atoms with Crippen molar-refractivity contribution in [1.29, 1.82) is 0 Å². The van der Waals surface area contributed by atoms with Crippen LogP contribution in [0.2, 0.25) is 0 Å². The number of hydrazone groups is 1. The van der Waals surface area contributed by atoms with Gasteiger partial charge in [0.05, 0.1) is 40.4 Å². The van der Waals surface area contributed by atoms with Gasteiger partial charge in [-0.15, -0.1) is 0 Å². The molecular weight excluding hydrogens is 556 g/mol. The van der Waals surface area contributed by atoms with Crippen molar-refractivity contribution >= 4 is 49.4 Å². The highest BCUT2D eigenvalue weighted by atomic mass is 79.9. The van der Waals surface area contributed by atoms with E-state index in [9.17, 15) is 23.3 Å². The Morgan fingerprint density at radius 1 is 1.11 bits per heavy atom. The zero-order valence-electron chi connectivity index (χ0n) is 19.1. The third-order valence-corrected chi connectivity index (χ3v) is 7.18. The maximum Gasteiger partial charge on any atom is 0.271 e. The van der Waals surface area contributed by atoms with Gasteiger partial charge in [-0.1, -0.05) is 24.3 Å². The molecule has 0 saturated heterocycles. The number of hydrogen-bond donors (Lipinski definition) is 1. The Balaban J connectivity index is 1.87. The average molecular weight is 577 g/mol. The zero-order chi connectivity index (χ0) is 26.3. The summed E-state index contributed by atoms with van der Waals surface area (Å²) in [5.74, 6) is 0.152. The summed E-state index contributed by atoms with van der Waals surface area (Å²) < 4.78 is 38.5. The van der Waals surface area contributed by atoms with Gasteiger partial charge in [0.25, 0.3) is 21.6 Å². The zero-order valence-corrected chi connectivity index (χ0v) is 21.5. The second kappa shape index (κ2) is 11.6. The minimum Gasteiger partial charge on any atom is -0.493 e. The van der Waals surface area contributed by atoms with E-state index < -0.39 is 27.4 Å². The van der Waals surface area contributed by atoms with Crippen molar-refractivity contribution in [2.45, 2.75) is 4.90 Å². The predicted octanol–water partition coefficient (Wildman–Crippen LogP) is 3.72. The Morgan fingerprint density at radius 3 is 2.47 bits per heavy atom. The van der Waals surface area contributed by atoms with E-state index in [1.165, 1.54) is 62.9 Å². The van der Waals surface area contributed by atoms with E-state index in [1.807, 2.05) is 0 Å². The number of nitrogens with one attached hydrogen (secondary N) is 1. The lowest BCUT2D eigenvalue weighted by atomic mass is 10.2. The number of benzene rings is 3. The summed E-state index contributed by atoms with van der Waals surface area (Å²) in [7, 11) is -1.26. The molecule has 3 aromatic rings. The quantitative estimate of drug-likeness (QED) is 0.220. The number of nitro groups is 1. The largest absolute Gasteiger partial charge is 0.493 e. The number of amides is 1. The van der Waals surface area contributed by atoms with Crippen molar-refractivity contribution in [2.24, 2.45) is 5.10 Å². The van der Waals surface area contributed by atoms with E-state index >= 15 is 0 Å². The van der Waals surface area contributed by atoms with Crippen LogP contribution in [0.3, 0.4) is 0 Å². The summed E-state index contributed by atoms with van der Waals surface area (Å²) in [4.78, 5) is 23.2. The van der Waals surface area contributed by atoms with Crippen LogP contribution in [0, 0.1) is 10.1 Å². The number of hydrogen-bond acceptors (Lipinski definition) is 8. The van der Waals surface area contributed by atoms with Crippen LogP contribution in [0.15, 0.2) is 81.2 Å². The second-order valence-corrected chi connectivity index (χ2v) is 9.85. The van der Waals surface area contributed by atoms with Gasteiger partial charge < -0.3 is 9.47 Å². The summed E-state index contributed by atoms with van der Waals surface area (Å²) in [6.07, 6.45) is 1.34. The van der Waals surface area contributed by atoms with E-state index in [1.54, 1.807) is 18.2 Å². The number of rotatable bonds is 10. The maximum absolute atomic E-state index is 13.3. The van der Waals surface area contributed by atoms with Gasteiger partial charge in [0, 0.05) is 12.1 Å². The lowest BCUT2D eigenvalue weighted by Crippen LogP contribution is -2.39. The lowest BCUT2D eigenvalue weighted by Gasteiger charge is -2.23.